The van der Waals surface area contributed by atoms with Crippen molar-refractivity contribution in [3.05, 3.63) is 71.8 Å². The Morgan fingerprint density at radius 2 is 1.96 bits per heavy atom. The third-order valence-electron chi connectivity index (χ3n) is 3.95. The molecule has 0 saturated heterocycles. The van der Waals surface area contributed by atoms with Gasteiger partial charge in [-0.3, -0.25) is 4.79 Å². The lowest BCUT2D eigenvalue weighted by molar-refractivity contribution is -0.116. The first-order chi connectivity index (χ1) is 12.8. The van der Waals surface area contributed by atoms with Crippen molar-refractivity contribution >= 4 is 33.1 Å². The minimum Gasteiger partial charge on any atom is -0.326 e. The number of nitrogens with zero attached hydrogens (tertiary/aromatic N) is 4. The smallest absolute Gasteiger partial charge is 0.224 e. The van der Waals surface area contributed by atoms with Gasteiger partial charge in [0.05, 0.1) is 21.8 Å². The van der Waals surface area contributed by atoms with Crippen LogP contribution in [0.4, 0.5) is 5.69 Å². The summed E-state index contributed by atoms with van der Waals surface area (Å²) in [5.41, 5.74) is 2.89. The summed E-state index contributed by atoms with van der Waals surface area (Å²) in [6, 6.07) is 15.8. The molecule has 0 fully saturated rings. The first-order valence-electron chi connectivity index (χ1n) is 8.32. The van der Waals surface area contributed by atoms with Crippen LogP contribution in [-0.4, -0.2) is 25.7 Å². The summed E-state index contributed by atoms with van der Waals surface area (Å²) in [6.45, 7) is 0.659. The van der Waals surface area contributed by atoms with E-state index in [0.717, 1.165) is 26.5 Å². The highest BCUT2D eigenvalue weighted by Gasteiger charge is 2.07. The minimum absolute atomic E-state index is 0.00622. The Hall–Kier alpha value is -3.06. The molecule has 0 aliphatic carbocycles. The van der Waals surface area contributed by atoms with Crippen molar-refractivity contribution in [2.45, 2.75) is 19.4 Å². The number of thiazole rings is 1. The molecule has 1 N–H and O–H groups in total. The van der Waals surface area contributed by atoms with Crippen molar-refractivity contribution in [2.24, 2.45) is 0 Å². The molecule has 130 valence electrons. The zero-order valence-corrected chi connectivity index (χ0v) is 14.8. The fourth-order valence-corrected chi connectivity index (χ4v) is 3.63. The van der Waals surface area contributed by atoms with Gasteiger partial charge in [-0.2, -0.15) is 5.10 Å². The summed E-state index contributed by atoms with van der Waals surface area (Å²) < 4.78 is 2.91. The number of nitrogens with one attached hydrogen (secondary N) is 1. The molecule has 6 nitrogen and oxygen atoms in total. The van der Waals surface area contributed by atoms with Crippen molar-refractivity contribution < 1.29 is 4.79 Å². The van der Waals surface area contributed by atoms with Crippen LogP contribution in [0.3, 0.4) is 0 Å². The number of aromatic nitrogens is 4. The summed E-state index contributed by atoms with van der Waals surface area (Å²) in [4.78, 5) is 20.7. The average molecular weight is 363 g/mol. The molecule has 7 heteroatoms. The molecule has 4 aromatic rings. The third-order valence-corrected chi connectivity index (χ3v) is 5.05. The molecule has 0 bridgehead atoms. The molecule has 0 radical (unpaired) electrons. The van der Waals surface area contributed by atoms with E-state index in [1.54, 1.807) is 22.3 Å². The predicted molar refractivity (Wildman–Crippen MR) is 102 cm³/mol. The number of carbonyl (C=O) groups is 1. The van der Waals surface area contributed by atoms with Gasteiger partial charge in [0.2, 0.25) is 5.91 Å². The summed E-state index contributed by atoms with van der Waals surface area (Å²) in [7, 11) is 0. The maximum absolute atomic E-state index is 12.2. The number of fused-ring (bicyclic) bond motifs is 1. The normalized spacial score (nSPS) is 10.9. The molecule has 0 aliphatic heterocycles. The molecule has 0 aliphatic rings. The van der Waals surface area contributed by atoms with Gasteiger partial charge >= 0.3 is 0 Å². The van der Waals surface area contributed by atoms with Crippen LogP contribution in [0.1, 0.15) is 17.0 Å². The van der Waals surface area contributed by atoms with Gasteiger partial charge in [0.15, 0.2) is 0 Å². The largest absolute Gasteiger partial charge is 0.326 e. The van der Waals surface area contributed by atoms with Crippen LogP contribution >= 0.6 is 11.3 Å². The third kappa shape index (κ3) is 3.94. The number of para-hydroxylation sites is 1. The van der Waals surface area contributed by atoms with Crippen molar-refractivity contribution in [2.75, 3.05) is 5.32 Å². The molecule has 4 rings (SSSR count). The molecular formula is C19H17N5OS. The van der Waals surface area contributed by atoms with Gasteiger partial charge in [0, 0.05) is 18.5 Å². The van der Waals surface area contributed by atoms with Gasteiger partial charge in [0.1, 0.15) is 12.7 Å². The highest BCUT2D eigenvalue weighted by Crippen LogP contribution is 2.22. The Morgan fingerprint density at radius 1 is 1.12 bits per heavy atom. The molecule has 2 heterocycles. The highest BCUT2D eigenvalue weighted by molar-refractivity contribution is 7.18. The second kappa shape index (κ2) is 7.45. The van der Waals surface area contributed by atoms with Gasteiger partial charge in [-0.1, -0.05) is 24.3 Å². The Balaban J connectivity index is 1.31. The molecule has 0 unspecified atom stereocenters. The van der Waals surface area contributed by atoms with E-state index >= 15 is 0 Å². The molecular weight excluding hydrogens is 346 g/mol. The molecule has 0 saturated carbocycles. The van der Waals surface area contributed by atoms with E-state index in [9.17, 15) is 4.79 Å². The van der Waals surface area contributed by atoms with Crippen LogP contribution in [0, 0.1) is 0 Å². The molecule has 1 amide bonds. The number of amides is 1. The maximum atomic E-state index is 12.2. The minimum atomic E-state index is -0.00622. The number of anilines is 1. The summed E-state index contributed by atoms with van der Waals surface area (Å²) in [5.74, 6) is -0.00622. The first kappa shape index (κ1) is 16.4. The molecule has 26 heavy (non-hydrogen) atoms. The van der Waals surface area contributed by atoms with Gasteiger partial charge in [0.25, 0.3) is 0 Å². The number of carbonyl (C=O) groups excluding carboxylic acids is 1. The van der Waals surface area contributed by atoms with Gasteiger partial charge in [-0.05, 0) is 29.8 Å². The van der Waals surface area contributed by atoms with E-state index in [1.807, 2.05) is 42.5 Å². The van der Waals surface area contributed by atoms with Crippen LogP contribution < -0.4 is 5.32 Å². The Bertz CT molecular complexity index is 975. The van der Waals surface area contributed by atoms with Crippen LogP contribution in [0.25, 0.3) is 10.2 Å². The first-order valence-corrected chi connectivity index (χ1v) is 9.13. The summed E-state index contributed by atoms with van der Waals surface area (Å²) in [5, 5.41) is 8.01. The summed E-state index contributed by atoms with van der Waals surface area (Å²) >= 11 is 1.64. The van der Waals surface area contributed by atoms with E-state index in [4.69, 9.17) is 0 Å². The number of rotatable bonds is 6. The van der Waals surface area contributed by atoms with Crippen molar-refractivity contribution in [1.29, 1.82) is 0 Å². The molecule has 2 aromatic carbocycles. The lowest BCUT2D eigenvalue weighted by Gasteiger charge is -2.06. The van der Waals surface area contributed by atoms with E-state index in [-0.39, 0.29) is 5.91 Å². The lowest BCUT2D eigenvalue weighted by atomic mass is 10.2. The zero-order valence-electron chi connectivity index (χ0n) is 14.0. The Morgan fingerprint density at radius 3 is 2.73 bits per heavy atom. The zero-order chi connectivity index (χ0) is 17.8. The van der Waals surface area contributed by atoms with Gasteiger partial charge < -0.3 is 5.32 Å². The number of aryl methyl sites for hydroxylation is 1. The van der Waals surface area contributed by atoms with Crippen molar-refractivity contribution in [1.82, 2.24) is 19.7 Å². The quantitative estimate of drug-likeness (QED) is 0.569. The Kier molecular flexibility index (Phi) is 4.70. The van der Waals surface area contributed by atoms with Crippen molar-refractivity contribution in [3.63, 3.8) is 0 Å². The van der Waals surface area contributed by atoms with Gasteiger partial charge in [-0.15, -0.1) is 11.3 Å². The van der Waals surface area contributed by atoms with Crippen molar-refractivity contribution in [3.8, 4) is 0 Å². The predicted octanol–water partition coefficient (Wildman–Crippen LogP) is 3.51. The number of hydrogen-bond acceptors (Lipinski definition) is 5. The van der Waals surface area contributed by atoms with Crippen LogP contribution in [-0.2, 0) is 17.8 Å². The maximum Gasteiger partial charge on any atom is 0.224 e. The van der Waals surface area contributed by atoms with E-state index in [1.165, 1.54) is 6.33 Å². The number of hydrogen-bond donors (Lipinski definition) is 1. The Labute approximate surface area is 154 Å². The highest BCUT2D eigenvalue weighted by atomic mass is 32.1. The van der Waals surface area contributed by atoms with E-state index in [2.05, 4.69) is 26.4 Å². The van der Waals surface area contributed by atoms with Gasteiger partial charge in [-0.25, -0.2) is 14.6 Å². The number of benzene rings is 2. The SMILES string of the molecule is O=C(CCc1nc2ccccc2s1)Nc1ccc(Cn2cncn2)cc1. The standard InChI is InChI=1S/C19H17N5OS/c25-18(9-10-19-23-16-3-1-2-4-17(16)26-19)22-15-7-5-14(6-8-15)11-24-13-20-12-21-24/h1-8,12-13H,9-11H2,(H,22,25). The monoisotopic (exact) mass is 363 g/mol. The molecule has 2 aromatic heterocycles. The second-order valence-corrected chi connectivity index (χ2v) is 7.03. The molecule has 0 spiro atoms. The van der Waals surface area contributed by atoms with Crippen LogP contribution in [0.5, 0.6) is 0 Å². The topological polar surface area (TPSA) is 72.7 Å². The van der Waals surface area contributed by atoms with Crippen LogP contribution in [0.15, 0.2) is 61.2 Å². The average Bonchev–Trinajstić information content (AvgIpc) is 3.30. The van der Waals surface area contributed by atoms with E-state index < -0.39 is 0 Å². The lowest BCUT2D eigenvalue weighted by Crippen LogP contribution is -2.12. The second-order valence-electron chi connectivity index (χ2n) is 5.91. The fraction of sp³-hybridized carbons (Fsp3) is 0.158. The molecule has 0 atom stereocenters. The van der Waals surface area contributed by atoms with E-state index in [0.29, 0.717) is 19.4 Å². The fourth-order valence-electron chi connectivity index (χ4n) is 2.67. The summed E-state index contributed by atoms with van der Waals surface area (Å²) in [6.07, 6.45) is 4.26. The van der Waals surface area contributed by atoms with Crippen LogP contribution in [0.2, 0.25) is 0 Å².